The van der Waals surface area contributed by atoms with Crippen LogP contribution in [0.1, 0.15) is 56.3 Å². The van der Waals surface area contributed by atoms with E-state index in [0.717, 1.165) is 25.7 Å². The Morgan fingerprint density at radius 1 is 1.16 bits per heavy atom. The molecular formula is C19H26N2O3S. The van der Waals surface area contributed by atoms with E-state index >= 15 is 0 Å². The fourth-order valence-corrected chi connectivity index (χ4v) is 2.97. The average Bonchev–Trinajstić information content (AvgIpc) is 2.61. The number of benzene rings is 1. The van der Waals surface area contributed by atoms with Gasteiger partial charge in [0.05, 0.1) is 12.2 Å². The predicted molar refractivity (Wildman–Crippen MR) is 103 cm³/mol. The molecule has 0 bridgehead atoms. The van der Waals surface area contributed by atoms with Crippen molar-refractivity contribution < 1.29 is 14.3 Å². The topological polar surface area (TPSA) is 67.4 Å². The van der Waals surface area contributed by atoms with Gasteiger partial charge in [-0.15, -0.1) is 0 Å². The number of thiocarbonyl (C=S) groups is 1. The highest BCUT2D eigenvalue weighted by molar-refractivity contribution is 7.80. The summed E-state index contributed by atoms with van der Waals surface area (Å²) in [6.45, 7) is 4.38. The Morgan fingerprint density at radius 2 is 1.80 bits per heavy atom. The van der Waals surface area contributed by atoms with Crippen LogP contribution in [0.5, 0.6) is 0 Å². The van der Waals surface area contributed by atoms with Crippen molar-refractivity contribution in [3.8, 4) is 0 Å². The molecule has 0 saturated heterocycles. The standard InChI is InChI=1S/C19H26N2O3S/c1-13(2)12-24-18(23)15-8-10-16(11-9-15)20-19(25)21-17(22)14-6-4-3-5-7-14/h8-11,13-14H,3-7,12H2,1-2H3,(H2,20,21,22,25). The number of ether oxygens (including phenoxy) is 1. The lowest BCUT2D eigenvalue weighted by molar-refractivity contribution is -0.124. The van der Waals surface area contributed by atoms with Gasteiger partial charge in [-0.3, -0.25) is 4.79 Å². The van der Waals surface area contributed by atoms with E-state index in [1.54, 1.807) is 24.3 Å². The van der Waals surface area contributed by atoms with Crippen LogP contribution in [-0.4, -0.2) is 23.6 Å². The summed E-state index contributed by atoms with van der Waals surface area (Å²) < 4.78 is 5.19. The lowest BCUT2D eigenvalue weighted by Gasteiger charge is -2.21. The van der Waals surface area contributed by atoms with Crippen LogP contribution in [0.3, 0.4) is 0 Å². The van der Waals surface area contributed by atoms with E-state index in [1.165, 1.54) is 6.42 Å². The molecule has 25 heavy (non-hydrogen) atoms. The number of carbonyl (C=O) groups is 2. The highest BCUT2D eigenvalue weighted by atomic mass is 32.1. The van der Waals surface area contributed by atoms with Crippen molar-refractivity contribution in [1.82, 2.24) is 5.32 Å². The molecule has 2 N–H and O–H groups in total. The summed E-state index contributed by atoms with van der Waals surface area (Å²) >= 11 is 5.20. The number of amides is 1. The van der Waals surface area contributed by atoms with E-state index in [4.69, 9.17) is 17.0 Å². The molecule has 5 nitrogen and oxygen atoms in total. The van der Waals surface area contributed by atoms with Crippen molar-refractivity contribution >= 4 is 34.9 Å². The van der Waals surface area contributed by atoms with Gasteiger partial charge in [-0.1, -0.05) is 33.1 Å². The predicted octanol–water partition coefficient (Wildman–Crippen LogP) is 3.89. The molecule has 1 saturated carbocycles. The second-order valence-corrected chi connectivity index (χ2v) is 7.26. The highest BCUT2D eigenvalue weighted by Crippen LogP contribution is 2.23. The van der Waals surface area contributed by atoms with Gasteiger partial charge in [0, 0.05) is 11.6 Å². The van der Waals surface area contributed by atoms with Gasteiger partial charge in [-0.2, -0.15) is 0 Å². The molecule has 0 aliphatic heterocycles. The first-order valence-electron chi connectivity index (χ1n) is 8.84. The van der Waals surface area contributed by atoms with Crippen LogP contribution in [0.25, 0.3) is 0 Å². The van der Waals surface area contributed by atoms with E-state index in [1.807, 2.05) is 13.8 Å². The smallest absolute Gasteiger partial charge is 0.338 e. The molecule has 0 radical (unpaired) electrons. The minimum absolute atomic E-state index is 0.00826. The van der Waals surface area contributed by atoms with Crippen molar-refractivity contribution in [2.24, 2.45) is 11.8 Å². The third-order valence-electron chi connectivity index (χ3n) is 4.14. The third-order valence-corrected chi connectivity index (χ3v) is 4.34. The zero-order chi connectivity index (χ0) is 18.2. The molecule has 1 aliphatic carbocycles. The number of esters is 1. The summed E-state index contributed by atoms with van der Waals surface area (Å²) in [7, 11) is 0. The Bertz CT molecular complexity index is 608. The number of nitrogens with one attached hydrogen (secondary N) is 2. The van der Waals surface area contributed by atoms with Crippen molar-refractivity contribution in [2.75, 3.05) is 11.9 Å². The normalized spacial score (nSPS) is 14.8. The molecular weight excluding hydrogens is 336 g/mol. The van der Waals surface area contributed by atoms with Gasteiger partial charge in [-0.05, 0) is 55.2 Å². The molecule has 1 fully saturated rings. The zero-order valence-electron chi connectivity index (χ0n) is 14.8. The molecule has 2 rings (SSSR count). The van der Waals surface area contributed by atoms with Crippen molar-refractivity contribution in [3.05, 3.63) is 29.8 Å². The molecule has 1 aromatic rings. The molecule has 0 heterocycles. The summed E-state index contributed by atoms with van der Waals surface area (Å²) in [6, 6.07) is 6.84. The third kappa shape index (κ3) is 6.46. The van der Waals surface area contributed by atoms with E-state index in [2.05, 4.69) is 10.6 Å². The Kier molecular flexibility index (Phi) is 7.37. The fourth-order valence-electron chi connectivity index (χ4n) is 2.76. The van der Waals surface area contributed by atoms with Crippen LogP contribution in [-0.2, 0) is 9.53 Å². The van der Waals surface area contributed by atoms with E-state index in [0.29, 0.717) is 23.8 Å². The molecule has 0 unspecified atom stereocenters. The molecule has 1 aromatic carbocycles. The summed E-state index contributed by atoms with van der Waals surface area (Å²) in [5.74, 6) is 0.0150. The quantitative estimate of drug-likeness (QED) is 0.614. The molecule has 1 amide bonds. The van der Waals surface area contributed by atoms with Crippen LogP contribution in [0.4, 0.5) is 5.69 Å². The first-order valence-corrected chi connectivity index (χ1v) is 9.25. The van der Waals surface area contributed by atoms with Crippen molar-refractivity contribution in [1.29, 1.82) is 0 Å². The van der Waals surface area contributed by atoms with E-state index in [9.17, 15) is 9.59 Å². The maximum Gasteiger partial charge on any atom is 0.338 e. The minimum atomic E-state index is -0.339. The molecule has 0 spiro atoms. The summed E-state index contributed by atoms with van der Waals surface area (Å²) in [4.78, 5) is 24.0. The Hall–Kier alpha value is -1.95. The number of anilines is 1. The second-order valence-electron chi connectivity index (χ2n) is 6.85. The fraction of sp³-hybridized carbons (Fsp3) is 0.526. The first kappa shape index (κ1) is 19.4. The number of hydrogen-bond donors (Lipinski definition) is 2. The van der Waals surface area contributed by atoms with Gasteiger partial charge in [0.2, 0.25) is 5.91 Å². The van der Waals surface area contributed by atoms with E-state index in [-0.39, 0.29) is 22.9 Å². The lowest BCUT2D eigenvalue weighted by Crippen LogP contribution is -2.38. The van der Waals surface area contributed by atoms with Gasteiger partial charge in [0.25, 0.3) is 0 Å². The number of carbonyl (C=O) groups excluding carboxylic acids is 2. The zero-order valence-corrected chi connectivity index (χ0v) is 15.7. The van der Waals surface area contributed by atoms with Crippen molar-refractivity contribution in [3.63, 3.8) is 0 Å². The average molecular weight is 362 g/mol. The summed E-state index contributed by atoms with van der Waals surface area (Å²) in [5.41, 5.74) is 1.21. The van der Waals surface area contributed by atoms with Crippen LogP contribution < -0.4 is 10.6 Å². The molecule has 1 aliphatic rings. The van der Waals surface area contributed by atoms with Gasteiger partial charge < -0.3 is 15.4 Å². The van der Waals surface area contributed by atoms with Gasteiger partial charge in [0.15, 0.2) is 5.11 Å². The highest BCUT2D eigenvalue weighted by Gasteiger charge is 2.21. The lowest BCUT2D eigenvalue weighted by atomic mass is 9.89. The number of hydrogen-bond acceptors (Lipinski definition) is 4. The second kappa shape index (κ2) is 9.51. The first-order chi connectivity index (χ1) is 12.0. The van der Waals surface area contributed by atoms with Crippen LogP contribution in [0.15, 0.2) is 24.3 Å². The molecule has 0 aromatic heterocycles. The van der Waals surface area contributed by atoms with Crippen molar-refractivity contribution in [2.45, 2.75) is 46.0 Å². The Labute approximate surface area is 154 Å². The number of rotatable bonds is 5. The van der Waals surface area contributed by atoms with Gasteiger partial charge in [0.1, 0.15) is 0 Å². The monoisotopic (exact) mass is 362 g/mol. The molecule has 136 valence electrons. The van der Waals surface area contributed by atoms with Gasteiger partial charge in [-0.25, -0.2) is 4.79 Å². The van der Waals surface area contributed by atoms with E-state index < -0.39 is 0 Å². The van der Waals surface area contributed by atoms with Crippen LogP contribution >= 0.6 is 12.2 Å². The summed E-state index contributed by atoms with van der Waals surface area (Å²) in [6.07, 6.45) is 5.28. The van der Waals surface area contributed by atoms with Crippen LogP contribution in [0, 0.1) is 11.8 Å². The molecule has 6 heteroatoms. The van der Waals surface area contributed by atoms with Gasteiger partial charge >= 0.3 is 5.97 Å². The summed E-state index contributed by atoms with van der Waals surface area (Å²) in [5, 5.41) is 6.02. The maximum absolute atomic E-state index is 12.2. The largest absolute Gasteiger partial charge is 0.462 e. The minimum Gasteiger partial charge on any atom is -0.462 e. The molecule has 0 atom stereocenters. The Morgan fingerprint density at radius 3 is 2.40 bits per heavy atom. The SMILES string of the molecule is CC(C)COC(=O)c1ccc(NC(=S)NC(=O)C2CCCCC2)cc1. The Balaban J connectivity index is 1.82. The maximum atomic E-state index is 12.2. The van der Waals surface area contributed by atoms with Crippen LogP contribution in [0.2, 0.25) is 0 Å².